The molecule has 0 bridgehead atoms. The molecule has 0 radical (unpaired) electrons. The molecular formula is C9H14N2O. The first-order chi connectivity index (χ1) is 5.79. The minimum atomic E-state index is 0.634. The molecule has 12 heavy (non-hydrogen) atoms. The molecule has 0 saturated carbocycles. The van der Waals surface area contributed by atoms with Gasteiger partial charge in [0, 0.05) is 7.05 Å². The topological polar surface area (TPSA) is 33.6 Å². The molecule has 3 heteroatoms. The molecule has 0 aromatic carbocycles. The summed E-state index contributed by atoms with van der Waals surface area (Å²) in [6.45, 7) is 8.91. The second kappa shape index (κ2) is 6.22. The smallest absolute Gasteiger partial charge is 0.149 e. The van der Waals surface area contributed by atoms with Gasteiger partial charge >= 0.3 is 0 Å². The van der Waals surface area contributed by atoms with Crippen LogP contribution in [0.3, 0.4) is 0 Å². The number of nitrogens with one attached hydrogen (secondary N) is 1. The highest BCUT2D eigenvalue weighted by Gasteiger charge is 2.00. The van der Waals surface area contributed by atoms with Crippen molar-refractivity contribution < 1.29 is 4.74 Å². The van der Waals surface area contributed by atoms with Crippen molar-refractivity contribution in [2.75, 3.05) is 7.05 Å². The first-order valence-electron chi connectivity index (χ1n) is 3.61. The largest absolute Gasteiger partial charge is 0.464 e. The third-order valence-corrected chi connectivity index (χ3v) is 1.15. The molecule has 0 amide bonds. The number of allylic oxidation sites excluding steroid dienone is 2. The molecule has 0 aliphatic rings. The van der Waals surface area contributed by atoms with Crippen LogP contribution in [0.25, 0.3) is 0 Å². The second-order valence-corrected chi connectivity index (χ2v) is 1.86. The van der Waals surface area contributed by atoms with E-state index < -0.39 is 0 Å². The van der Waals surface area contributed by atoms with E-state index in [0.29, 0.717) is 11.5 Å². The van der Waals surface area contributed by atoms with Gasteiger partial charge in [-0.25, -0.2) is 0 Å². The lowest BCUT2D eigenvalue weighted by molar-refractivity contribution is 0.378. The van der Waals surface area contributed by atoms with E-state index in [4.69, 9.17) is 4.74 Å². The molecule has 0 fully saturated rings. The van der Waals surface area contributed by atoms with Gasteiger partial charge in [0.05, 0.1) is 6.26 Å². The molecule has 0 aliphatic carbocycles. The molecule has 0 atom stereocenters. The normalized spacial score (nSPS) is 12.2. The molecule has 0 saturated heterocycles. The fraction of sp³-hybridized carbons (Fsp3) is 0.222. The third-order valence-electron chi connectivity index (χ3n) is 1.15. The van der Waals surface area contributed by atoms with E-state index in [2.05, 4.69) is 23.7 Å². The molecule has 0 aromatic heterocycles. The molecule has 3 nitrogen and oxygen atoms in total. The Morgan fingerprint density at radius 1 is 1.50 bits per heavy atom. The number of hydrogen-bond acceptors (Lipinski definition) is 3. The fourth-order valence-corrected chi connectivity index (χ4v) is 0.688. The molecule has 0 spiro atoms. The van der Waals surface area contributed by atoms with Gasteiger partial charge in [0.2, 0.25) is 0 Å². The van der Waals surface area contributed by atoms with E-state index >= 15 is 0 Å². The zero-order valence-corrected chi connectivity index (χ0v) is 7.50. The Balaban J connectivity index is 4.56. The first kappa shape index (κ1) is 10.5. The number of hydrogen-bond donors (Lipinski definition) is 1. The zero-order valence-electron chi connectivity index (χ0n) is 7.50. The summed E-state index contributed by atoms with van der Waals surface area (Å²) >= 11 is 0. The van der Waals surface area contributed by atoms with E-state index in [0.717, 1.165) is 0 Å². The van der Waals surface area contributed by atoms with Gasteiger partial charge < -0.3 is 10.2 Å². The summed E-state index contributed by atoms with van der Waals surface area (Å²) in [6.07, 6.45) is 4.75. The van der Waals surface area contributed by atoms with Gasteiger partial charge in [0.1, 0.15) is 11.5 Å². The molecule has 1 N–H and O–H groups in total. The van der Waals surface area contributed by atoms with Gasteiger partial charge in [-0.3, -0.25) is 0 Å². The average molecular weight is 166 g/mol. The van der Waals surface area contributed by atoms with E-state index in [1.54, 1.807) is 19.2 Å². The maximum atomic E-state index is 5.08. The van der Waals surface area contributed by atoms with Crippen LogP contribution in [0, 0.1) is 0 Å². The predicted molar refractivity (Wildman–Crippen MR) is 51.7 cm³/mol. The fourth-order valence-electron chi connectivity index (χ4n) is 0.688. The van der Waals surface area contributed by atoms with Crippen molar-refractivity contribution in [1.29, 1.82) is 0 Å². The standard InChI is InChI=1S/C9H14N2O/c1-5-8(11-10-4)9(6-2)12-7-3/h5-7,10H,1,3H2,2,4H3/b9-6-,11-8+. The molecular weight excluding hydrogens is 152 g/mol. The molecule has 0 unspecified atom stereocenters. The maximum Gasteiger partial charge on any atom is 0.149 e. The van der Waals surface area contributed by atoms with Crippen LogP contribution in [0.4, 0.5) is 0 Å². The van der Waals surface area contributed by atoms with Crippen LogP contribution in [0.2, 0.25) is 0 Å². The lowest BCUT2D eigenvalue weighted by Gasteiger charge is -2.04. The molecule has 0 aromatic rings. The van der Waals surface area contributed by atoms with E-state index in [1.165, 1.54) is 6.26 Å². The summed E-state index contributed by atoms with van der Waals surface area (Å²) in [5.74, 6) is 0.634. The van der Waals surface area contributed by atoms with Crippen molar-refractivity contribution in [2.24, 2.45) is 5.10 Å². The van der Waals surface area contributed by atoms with Crippen LogP contribution < -0.4 is 5.43 Å². The number of ether oxygens (including phenoxy) is 1. The van der Waals surface area contributed by atoms with Gasteiger partial charge in [0.25, 0.3) is 0 Å². The van der Waals surface area contributed by atoms with E-state index in [1.807, 2.05) is 6.92 Å². The van der Waals surface area contributed by atoms with Crippen LogP contribution in [-0.4, -0.2) is 12.8 Å². The van der Waals surface area contributed by atoms with Gasteiger partial charge in [0.15, 0.2) is 0 Å². The van der Waals surface area contributed by atoms with E-state index in [-0.39, 0.29) is 0 Å². The summed E-state index contributed by atoms with van der Waals surface area (Å²) in [5.41, 5.74) is 3.31. The van der Waals surface area contributed by atoms with Crippen molar-refractivity contribution >= 4 is 5.71 Å². The lowest BCUT2D eigenvalue weighted by atomic mass is 10.3. The summed E-state index contributed by atoms with van der Waals surface area (Å²) in [6, 6.07) is 0. The zero-order chi connectivity index (χ0) is 9.40. The molecule has 0 aliphatic heterocycles. The monoisotopic (exact) mass is 166 g/mol. The third kappa shape index (κ3) is 3.05. The highest BCUT2D eigenvalue weighted by molar-refractivity contribution is 6.06. The lowest BCUT2D eigenvalue weighted by Crippen LogP contribution is -2.06. The number of rotatable bonds is 5. The Bertz CT molecular complexity index is 217. The van der Waals surface area contributed by atoms with Crippen LogP contribution in [0.1, 0.15) is 6.92 Å². The van der Waals surface area contributed by atoms with Crippen LogP contribution in [0.5, 0.6) is 0 Å². The Hall–Kier alpha value is -1.51. The molecule has 0 rings (SSSR count). The SMILES string of the molecule is C=COC(=C\C)/C(C=C)=N/NC. The van der Waals surface area contributed by atoms with Gasteiger partial charge in [-0.1, -0.05) is 13.2 Å². The highest BCUT2D eigenvalue weighted by Crippen LogP contribution is 2.01. The summed E-state index contributed by atoms with van der Waals surface area (Å²) in [4.78, 5) is 0. The Labute approximate surface area is 73.1 Å². The predicted octanol–water partition coefficient (Wildman–Crippen LogP) is 1.81. The summed E-state index contributed by atoms with van der Waals surface area (Å²) in [7, 11) is 1.71. The van der Waals surface area contributed by atoms with Crippen molar-refractivity contribution in [3.8, 4) is 0 Å². The number of hydrazone groups is 1. The van der Waals surface area contributed by atoms with Gasteiger partial charge in [-0.05, 0) is 19.1 Å². The quantitative estimate of drug-likeness (QED) is 0.384. The minimum Gasteiger partial charge on any atom is -0.464 e. The van der Waals surface area contributed by atoms with Crippen LogP contribution in [-0.2, 0) is 4.74 Å². The van der Waals surface area contributed by atoms with Crippen molar-refractivity contribution in [3.63, 3.8) is 0 Å². The van der Waals surface area contributed by atoms with Gasteiger partial charge in [-0.15, -0.1) is 0 Å². The summed E-state index contributed by atoms with van der Waals surface area (Å²) in [5, 5.41) is 3.94. The minimum absolute atomic E-state index is 0.634. The highest BCUT2D eigenvalue weighted by atomic mass is 16.5. The van der Waals surface area contributed by atoms with Crippen molar-refractivity contribution in [3.05, 3.63) is 37.3 Å². The summed E-state index contributed by atoms with van der Waals surface area (Å²) < 4.78 is 5.08. The van der Waals surface area contributed by atoms with Gasteiger partial charge in [-0.2, -0.15) is 5.10 Å². The molecule has 66 valence electrons. The Morgan fingerprint density at radius 3 is 2.50 bits per heavy atom. The number of nitrogens with zero attached hydrogens (tertiary/aromatic N) is 1. The van der Waals surface area contributed by atoms with Crippen molar-refractivity contribution in [1.82, 2.24) is 5.43 Å². The van der Waals surface area contributed by atoms with Crippen LogP contribution >= 0.6 is 0 Å². The first-order valence-corrected chi connectivity index (χ1v) is 3.61. The maximum absolute atomic E-state index is 5.08. The van der Waals surface area contributed by atoms with Crippen molar-refractivity contribution in [2.45, 2.75) is 6.92 Å². The molecule has 0 heterocycles. The van der Waals surface area contributed by atoms with Crippen LogP contribution in [0.15, 0.2) is 42.4 Å². The van der Waals surface area contributed by atoms with E-state index in [9.17, 15) is 0 Å². The second-order valence-electron chi connectivity index (χ2n) is 1.86. The Kier molecular flexibility index (Phi) is 5.43. The average Bonchev–Trinajstić information content (AvgIpc) is 2.11. The Morgan fingerprint density at radius 2 is 2.17 bits per heavy atom.